The molecule has 0 atom stereocenters. The van der Waals surface area contributed by atoms with Crippen LogP contribution in [-0.2, 0) is 13.1 Å². The molecule has 414 valence electrons. The highest BCUT2D eigenvalue weighted by Crippen LogP contribution is 2.15. The number of rotatable bonds is 55. The van der Waals surface area contributed by atoms with Crippen molar-refractivity contribution < 1.29 is 9.13 Å². The summed E-state index contributed by atoms with van der Waals surface area (Å²) in [5.74, 6) is 0. The lowest BCUT2D eigenvalue weighted by atomic mass is 10.1. The topological polar surface area (TPSA) is 26.6 Å². The Kier molecular flexibility index (Phi) is 47.6. The van der Waals surface area contributed by atoms with E-state index in [2.05, 4.69) is 114 Å². The summed E-state index contributed by atoms with van der Waals surface area (Å²) >= 11 is 0. The summed E-state index contributed by atoms with van der Waals surface area (Å²) < 4.78 is 4.75. The highest BCUT2D eigenvalue weighted by atomic mass is 15.2. The number of pyridine rings is 2. The molecule has 0 N–H and O–H groups in total. The van der Waals surface area contributed by atoms with Crippen molar-refractivity contribution >= 4 is 12.3 Å². The number of aryl methyl sites for hydroxylation is 2. The molecule has 0 saturated heterocycles. The van der Waals surface area contributed by atoms with Gasteiger partial charge in [0.05, 0.1) is 6.54 Å². The largest absolute Gasteiger partial charge is 0.302 e. The van der Waals surface area contributed by atoms with E-state index in [0.29, 0.717) is 0 Å². The summed E-state index contributed by atoms with van der Waals surface area (Å²) in [5, 5.41) is 0. The van der Waals surface area contributed by atoms with Gasteiger partial charge in [-0.15, -0.1) is 0 Å². The Morgan fingerprint density at radius 1 is 0.333 bits per heavy atom. The molecule has 0 fully saturated rings. The molecular weight excluding hydrogens is 875 g/mol. The number of aliphatic imine (C=N–C) groups is 1. The second-order valence-corrected chi connectivity index (χ2v) is 22.4. The first-order chi connectivity index (χ1) is 35.7. The first kappa shape index (κ1) is 65.7. The zero-order chi connectivity index (χ0) is 51.3. The van der Waals surface area contributed by atoms with Crippen molar-refractivity contribution in [3.05, 3.63) is 66.3 Å². The fourth-order valence-electron chi connectivity index (χ4n) is 10.4. The van der Waals surface area contributed by atoms with Gasteiger partial charge in [0.2, 0.25) is 0 Å². The molecule has 72 heavy (non-hydrogen) atoms. The summed E-state index contributed by atoms with van der Waals surface area (Å²) in [6.45, 7) is 19.3. The number of hydrogen-bond donors (Lipinski definition) is 0. The molecule has 0 amide bonds. The highest BCUT2D eigenvalue weighted by Gasteiger charge is 2.11. The molecule has 5 heteroatoms. The second-order valence-electron chi connectivity index (χ2n) is 22.4. The second kappa shape index (κ2) is 52.1. The van der Waals surface area contributed by atoms with Crippen LogP contribution in [0.5, 0.6) is 0 Å². The van der Waals surface area contributed by atoms with Crippen molar-refractivity contribution in [2.45, 2.75) is 304 Å². The summed E-state index contributed by atoms with van der Waals surface area (Å²) in [6.07, 6.45) is 73.0. The van der Waals surface area contributed by atoms with E-state index in [1.165, 1.54) is 281 Å². The lowest BCUT2D eigenvalue weighted by molar-refractivity contribution is -0.697. The molecule has 2 heterocycles. The molecule has 0 spiro atoms. The zero-order valence-corrected chi connectivity index (χ0v) is 48.9. The average Bonchev–Trinajstić information content (AvgIpc) is 3.40. The summed E-state index contributed by atoms with van der Waals surface area (Å²) in [7, 11) is 0. The molecule has 2 rings (SSSR count). The predicted molar refractivity (Wildman–Crippen MR) is 320 cm³/mol. The van der Waals surface area contributed by atoms with Gasteiger partial charge in [-0.05, 0) is 50.8 Å². The molecule has 2 aromatic heterocycles. The number of aromatic nitrogens is 2. The first-order valence-electron chi connectivity index (χ1n) is 32.3. The van der Waals surface area contributed by atoms with Gasteiger partial charge < -0.3 is 9.80 Å². The molecule has 0 unspecified atom stereocenters. The molecule has 0 aliphatic carbocycles. The Bertz CT molecular complexity index is 1330. The van der Waals surface area contributed by atoms with Crippen molar-refractivity contribution in [2.24, 2.45) is 4.99 Å². The van der Waals surface area contributed by atoms with Crippen LogP contribution < -0.4 is 9.13 Å². The Labute approximate surface area is 450 Å². The van der Waals surface area contributed by atoms with E-state index in [1.807, 2.05) is 0 Å². The maximum absolute atomic E-state index is 5.00. The van der Waals surface area contributed by atoms with Crippen LogP contribution in [0.1, 0.15) is 302 Å². The van der Waals surface area contributed by atoms with Crippen LogP contribution in [0.15, 0.2) is 60.1 Å². The lowest BCUT2D eigenvalue weighted by Gasteiger charge is -2.27. The first-order valence-corrected chi connectivity index (χ1v) is 32.3. The minimum atomic E-state index is 0.878. The van der Waals surface area contributed by atoms with Crippen LogP contribution in [0, 0.1) is 0 Å². The van der Waals surface area contributed by atoms with Gasteiger partial charge in [0.25, 0.3) is 0 Å². The smallest absolute Gasteiger partial charge is 0.169 e. The van der Waals surface area contributed by atoms with E-state index in [1.54, 1.807) is 0 Å². The highest BCUT2D eigenvalue weighted by molar-refractivity contribution is 5.78. The summed E-state index contributed by atoms with van der Waals surface area (Å²) in [4.78, 5) is 10.6. The fourth-order valence-corrected chi connectivity index (χ4v) is 10.4. The maximum Gasteiger partial charge on any atom is 0.169 e. The van der Waals surface area contributed by atoms with Gasteiger partial charge >= 0.3 is 0 Å². The van der Waals surface area contributed by atoms with Crippen molar-refractivity contribution in [3.8, 4) is 0 Å². The van der Waals surface area contributed by atoms with E-state index in [0.717, 1.165) is 52.2 Å². The number of nitrogens with zero attached hydrogens (tertiary/aromatic N) is 5. The zero-order valence-electron chi connectivity index (χ0n) is 48.9. The third kappa shape index (κ3) is 41.9. The molecule has 0 aliphatic rings. The van der Waals surface area contributed by atoms with E-state index in [4.69, 9.17) is 4.99 Å². The Hall–Kier alpha value is -2.37. The molecule has 0 radical (unpaired) electrons. The monoisotopic (exact) mass is 998 g/mol. The van der Waals surface area contributed by atoms with Crippen LogP contribution in [-0.4, -0.2) is 61.8 Å². The third-order valence-electron chi connectivity index (χ3n) is 15.5. The Balaban J connectivity index is 1.90. The molecule has 2 aromatic rings. The maximum atomic E-state index is 5.00. The van der Waals surface area contributed by atoms with Gasteiger partial charge in [0.15, 0.2) is 24.8 Å². The molecule has 0 bridgehead atoms. The van der Waals surface area contributed by atoms with Crippen molar-refractivity contribution in [1.82, 2.24) is 9.80 Å². The number of hydrogen-bond acceptors (Lipinski definition) is 3. The molecule has 0 aromatic carbocycles. The van der Waals surface area contributed by atoms with E-state index < -0.39 is 0 Å². The van der Waals surface area contributed by atoms with Crippen LogP contribution >= 0.6 is 0 Å². The fraction of sp³-hybridized carbons (Fsp3) is 0.806. The van der Waals surface area contributed by atoms with Gasteiger partial charge in [0, 0.05) is 75.1 Å². The van der Waals surface area contributed by atoms with E-state index in [-0.39, 0.29) is 0 Å². The van der Waals surface area contributed by atoms with Crippen LogP contribution in [0.25, 0.3) is 6.08 Å². The normalized spacial score (nSPS) is 12.0. The van der Waals surface area contributed by atoms with Gasteiger partial charge in [0.1, 0.15) is 13.1 Å². The Morgan fingerprint density at radius 3 is 1.00 bits per heavy atom. The van der Waals surface area contributed by atoms with Crippen LogP contribution in [0.3, 0.4) is 0 Å². The van der Waals surface area contributed by atoms with Crippen LogP contribution in [0.4, 0.5) is 0 Å². The average molecular weight is 999 g/mol. The Morgan fingerprint density at radius 2 is 0.639 bits per heavy atom. The van der Waals surface area contributed by atoms with Crippen molar-refractivity contribution in [3.63, 3.8) is 0 Å². The van der Waals surface area contributed by atoms with Gasteiger partial charge in [-0.25, -0.2) is 9.13 Å². The van der Waals surface area contributed by atoms with Gasteiger partial charge in [-0.1, -0.05) is 258 Å². The standard InChI is InChI=1S/C67H123N5/c1-5-9-13-17-21-25-29-33-37-42-53-69(57-46-41-47-66-48-58-70(59-49-66)54-43-38-34-30-26-22-18-14-10-6-2)63-64-72(56-45-40-36-32-28-24-20-16-12-8-4)62-52-68-65-67-50-60-71(61-51-67)55-44-39-35-31-27-23-19-15-11-7-3/h41,47-51,58-61,65H,5-40,42-46,52-57,62-64H2,1-4H3/q+2/b47-41-,68-65?. The minimum absolute atomic E-state index is 0.878. The van der Waals surface area contributed by atoms with Gasteiger partial charge in [-0.3, -0.25) is 4.99 Å². The van der Waals surface area contributed by atoms with E-state index >= 15 is 0 Å². The quantitative estimate of drug-likeness (QED) is 0.0375. The van der Waals surface area contributed by atoms with Crippen molar-refractivity contribution in [1.29, 1.82) is 0 Å². The molecule has 0 saturated carbocycles. The van der Waals surface area contributed by atoms with E-state index in [9.17, 15) is 0 Å². The minimum Gasteiger partial charge on any atom is -0.302 e. The molecule has 5 nitrogen and oxygen atoms in total. The van der Waals surface area contributed by atoms with Crippen LogP contribution in [0.2, 0.25) is 0 Å². The number of unbranched alkanes of at least 4 members (excludes halogenated alkanes) is 36. The third-order valence-corrected chi connectivity index (χ3v) is 15.5. The van der Waals surface area contributed by atoms with Gasteiger partial charge in [-0.2, -0.15) is 0 Å². The summed E-state index contributed by atoms with van der Waals surface area (Å²) in [5.41, 5.74) is 2.56. The molecular formula is C67H123N5+2. The lowest BCUT2D eigenvalue weighted by Crippen LogP contribution is -2.38. The van der Waals surface area contributed by atoms with Crippen molar-refractivity contribution in [2.75, 3.05) is 45.8 Å². The molecule has 0 aliphatic heterocycles. The SMILES string of the molecule is CCCCCCCCCCCCN(CC/C=C\c1cc[n+](CCCCCCCCCCCC)cc1)CCN(CCCCCCCCCCCC)CCN=Cc1cc[n+](CCCCCCCCCCCC)cc1. The summed E-state index contributed by atoms with van der Waals surface area (Å²) in [6, 6.07) is 9.15. The predicted octanol–water partition coefficient (Wildman–Crippen LogP) is 19.1.